The number of aromatic amines is 1. The number of para-hydroxylation sites is 1. The zero-order chi connectivity index (χ0) is 26.8. The largest absolute Gasteiger partial charge is 0.371 e. The van der Waals surface area contributed by atoms with E-state index in [0.717, 1.165) is 43.0 Å². The number of nitrogens with one attached hydrogen (secondary N) is 2. The minimum atomic E-state index is -0.185. The van der Waals surface area contributed by atoms with Gasteiger partial charge < -0.3 is 10.2 Å². The van der Waals surface area contributed by atoms with E-state index >= 15 is 0 Å². The van der Waals surface area contributed by atoms with Crippen LogP contribution in [-0.4, -0.2) is 49.2 Å². The number of benzene rings is 2. The predicted octanol–water partition coefficient (Wildman–Crippen LogP) is 4.37. The number of aromatic nitrogens is 6. The number of carbonyl (C=O) groups is 1. The Hall–Kier alpha value is -4.38. The summed E-state index contributed by atoms with van der Waals surface area (Å²) in [6, 6.07) is 17.1. The van der Waals surface area contributed by atoms with Crippen LogP contribution in [-0.2, 0) is 13.0 Å². The topological polar surface area (TPSA) is 122 Å². The first-order valence-electron chi connectivity index (χ1n) is 13.1. The van der Waals surface area contributed by atoms with E-state index < -0.39 is 0 Å². The minimum Gasteiger partial charge on any atom is -0.371 e. The van der Waals surface area contributed by atoms with Crippen molar-refractivity contribution in [2.45, 2.75) is 32.7 Å². The molecule has 10 nitrogen and oxygen atoms in total. The smallest absolute Gasteiger partial charge is 0.265 e. The first-order chi connectivity index (χ1) is 19.1. The number of piperidine rings is 1. The number of fused-ring (bicyclic) bond motifs is 1. The maximum absolute atomic E-state index is 13.7. The fraction of sp³-hybridized carbons (Fsp3) is 0.286. The molecule has 5 aromatic rings. The zero-order valence-electron chi connectivity index (χ0n) is 21.5. The van der Waals surface area contributed by atoms with E-state index in [-0.39, 0.29) is 11.5 Å². The number of hydrogen-bond donors (Lipinski definition) is 2. The molecule has 2 aromatic carbocycles. The summed E-state index contributed by atoms with van der Waals surface area (Å²) in [7, 11) is 0. The van der Waals surface area contributed by atoms with Crippen LogP contribution in [0, 0.1) is 5.92 Å². The average Bonchev–Trinajstić information content (AvgIpc) is 3.70. The summed E-state index contributed by atoms with van der Waals surface area (Å²) >= 11 is 1.38. The van der Waals surface area contributed by atoms with Gasteiger partial charge in [-0.2, -0.15) is 5.21 Å². The van der Waals surface area contributed by atoms with Crippen LogP contribution >= 0.6 is 11.3 Å². The molecule has 1 amide bonds. The van der Waals surface area contributed by atoms with Gasteiger partial charge in [0.25, 0.3) is 11.5 Å². The lowest BCUT2D eigenvalue weighted by atomic mass is 9.95. The third-order valence-corrected chi connectivity index (χ3v) is 8.11. The highest BCUT2D eigenvalue weighted by Gasteiger charge is 2.24. The molecule has 39 heavy (non-hydrogen) atoms. The molecule has 1 saturated heterocycles. The molecule has 11 heteroatoms. The Morgan fingerprint density at radius 2 is 1.97 bits per heavy atom. The van der Waals surface area contributed by atoms with Crippen molar-refractivity contribution in [2.75, 3.05) is 23.3 Å². The van der Waals surface area contributed by atoms with Crippen molar-refractivity contribution in [3.8, 4) is 11.4 Å². The maximum atomic E-state index is 13.7. The number of rotatable bonds is 7. The van der Waals surface area contributed by atoms with E-state index in [2.05, 4.69) is 36.9 Å². The predicted molar refractivity (Wildman–Crippen MR) is 152 cm³/mol. The molecule has 2 N–H and O–H groups in total. The molecular weight excluding hydrogens is 512 g/mol. The van der Waals surface area contributed by atoms with Crippen molar-refractivity contribution < 1.29 is 4.79 Å². The van der Waals surface area contributed by atoms with Gasteiger partial charge >= 0.3 is 0 Å². The summed E-state index contributed by atoms with van der Waals surface area (Å²) in [5, 5.41) is 19.8. The molecule has 6 rings (SSSR count). The fourth-order valence-corrected chi connectivity index (χ4v) is 5.85. The van der Waals surface area contributed by atoms with Gasteiger partial charge in [-0.1, -0.05) is 25.1 Å². The summed E-state index contributed by atoms with van der Waals surface area (Å²) < 4.78 is 1.83. The Bertz CT molecular complexity index is 1660. The van der Waals surface area contributed by atoms with E-state index in [1.54, 1.807) is 18.2 Å². The van der Waals surface area contributed by atoms with Crippen LogP contribution in [0.2, 0.25) is 0 Å². The summed E-state index contributed by atoms with van der Waals surface area (Å²) in [6.45, 7) is 4.39. The molecule has 0 atom stereocenters. The van der Waals surface area contributed by atoms with E-state index in [9.17, 15) is 9.59 Å². The summed E-state index contributed by atoms with van der Waals surface area (Å²) in [6.07, 6.45) is 2.56. The monoisotopic (exact) mass is 540 g/mol. The highest BCUT2D eigenvalue weighted by molar-refractivity contribution is 7.12. The number of thiophene rings is 1. The molecular formula is C28H28N8O2S. The Balaban J connectivity index is 1.21. The molecule has 1 aliphatic rings. The molecule has 4 heterocycles. The van der Waals surface area contributed by atoms with E-state index in [4.69, 9.17) is 4.98 Å². The third-order valence-electron chi connectivity index (χ3n) is 7.24. The van der Waals surface area contributed by atoms with Crippen molar-refractivity contribution >= 4 is 39.5 Å². The second-order valence-corrected chi connectivity index (χ2v) is 10.6. The Labute approximate surface area is 228 Å². The number of aryl methyl sites for hydroxylation is 1. The third kappa shape index (κ3) is 5.05. The van der Waals surface area contributed by atoms with Crippen LogP contribution in [0.15, 0.2) is 64.8 Å². The number of nitrogens with zero attached hydrogens (tertiary/aromatic N) is 6. The SMILES string of the molecule is CCc1nc2ccc(NC(=O)c3cccs3)cc2c(=O)n1CC1CCN(c2ccccc2-c2nn[nH]n2)CC1. The average molecular weight is 541 g/mol. The Kier molecular flexibility index (Phi) is 6.89. The van der Waals surface area contributed by atoms with Crippen LogP contribution in [0.5, 0.6) is 0 Å². The number of amides is 1. The molecule has 0 spiro atoms. The van der Waals surface area contributed by atoms with Gasteiger partial charge in [0.15, 0.2) is 0 Å². The van der Waals surface area contributed by atoms with Crippen LogP contribution in [0.25, 0.3) is 22.3 Å². The molecule has 1 fully saturated rings. The van der Waals surface area contributed by atoms with Crippen molar-refractivity contribution in [3.05, 3.63) is 81.0 Å². The molecule has 0 aliphatic carbocycles. The number of tetrazole rings is 1. The molecule has 0 unspecified atom stereocenters. The van der Waals surface area contributed by atoms with Gasteiger partial charge in [-0.15, -0.1) is 21.5 Å². The van der Waals surface area contributed by atoms with Gasteiger partial charge in [0.05, 0.1) is 15.8 Å². The first-order valence-corrected chi connectivity index (χ1v) is 13.9. The molecule has 1 aliphatic heterocycles. The fourth-order valence-electron chi connectivity index (χ4n) is 5.23. The quantitative estimate of drug-likeness (QED) is 0.314. The van der Waals surface area contributed by atoms with Gasteiger partial charge in [0, 0.05) is 43.0 Å². The van der Waals surface area contributed by atoms with Crippen molar-refractivity contribution in [1.82, 2.24) is 30.2 Å². The number of hydrogen-bond acceptors (Lipinski definition) is 8. The van der Waals surface area contributed by atoms with Gasteiger partial charge in [0.2, 0.25) is 5.82 Å². The summed E-state index contributed by atoms with van der Waals surface area (Å²) in [5.74, 6) is 1.53. The second-order valence-electron chi connectivity index (χ2n) is 9.64. The standard InChI is InChI=1S/C28H28N8O2S/c1-2-25-30-22-10-9-19(29-27(37)24-8-5-15-39-24)16-21(22)28(38)36(25)17-18-11-13-35(14-12-18)23-7-4-3-6-20(23)26-31-33-34-32-26/h3-10,15-16,18H,2,11-14,17H2,1H3,(H,29,37)(H,31,32,33,34). The van der Waals surface area contributed by atoms with Crippen molar-refractivity contribution in [1.29, 1.82) is 0 Å². The van der Waals surface area contributed by atoms with Crippen LogP contribution in [0.3, 0.4) is 0 Å². The highest BCUT2D eigenvalue weighted by Crippen LogP contribution is 2.31. The number of carbonyl (C=O) groups excluding carboxylic acids is 1. The molecule has 3 aromatic heterocycles. The molecule has 0 bridgehead atoms. The first kappa shape index (κ1) is 24.9. The number of anilines is 2. The lowest BCUT2D eigenvalue weighted by molar-refractivity contribution is 0.103. The van der Waals surface area contributed by atoms with Crippen LogP contribution in [0.1, 0.15) is 35.3 Å². The number of H-pyrrole nitrogens is 1. The van der Waals surface area contributed by atoms with Gasteiger partial charge in [0.1, 0.15) is 5.82 Å². The molecule has 198 valence electrons. The summed E-state index contributed by atoms with van der Waals surface area (Å²) in [4.78, 5) is 34.0. The molecule has 0 radical (unpaired) electrons. The van der Waals surface area contributed by atoms with E-state index in [1.165, 1.54) is 11.3 Å². The zero-order valence-corrected chi connectivity index (χ0v) is 22.3. The summed E-state index contributed by atoms with van der Waals surface area (Å²) in [5.41, 5.74) is 3.22. The normalized spacial score (nSPS) is 14.1. The lowest BCUT2D eigenvalue weighted by Gasteiger charge is -2.35. The Morgan fingerprint density at radius 1 is 1.13 bits per heavy atom. The molecule has 0 saturated carbocycles. The minimum absolute atomic E-state index is 0.0612. The van der Waals surface area contributed by atoms with Gasteiger partial charge in [-0.05, 0) is 65.8 Å². The maximum Gasteiger partial charge on any atom is 0.265 e. The van der Waals surface area contributed by atoms with Crippen molar-refractivity contribution in [3.63, 3.8) is 0 Å². The van der Waals surface area contributed by atoms with Gasteiger partial charge in [-0.25, -0.2) is 4.98 Å². The van der Waals surface area contributed by atoms with E-state index in [1.807, 2.05) is 47.2 Å². The van der Waals surface area contributed by atoms with Gasteiger partial charge in [-0.3, -0.25) is 14.2 Å². The Morgan fingerprint density at radius 3 is 2.72 bits per heavy atom. The van der Waals surface area contributed by atoms with Crippen LogP contribution < -0.4 is 15.8 Å². The highest BCUT2D eigenvalue weighted by atomic mass is 32.1. The van der Waals surface area contributed by atoms with Crippen molar-refractivity contribution in [2.24, 2.45) is 5.92 Å². The van der Waals surface area contributed by atoms with E-state index in [0.29, 0.717) is 46.2 Å². The lowest BCUT2D eigenvalue weighted by Crippen LogP contribution is -2.37. The van der Waals surface area contributed by atoms with Crippen LogP contribution in [0.4, 0.5) is 11.4 Å². The second kappa shape index (κ2) is 10.8.